The minimum absolute atomic E-state index is 0.160. The van der Waals surface area contributed by atoms with Gasteiger partial charge in [0.15, 0.2) is 0 Å². The van der Waals surface area contributed by atoms with E-state index in [2.05, 4.69) is 11.8 Å². The maximum absolute atomic E-state index is 13.5. The summed E-state index contributed by atoms with van der Waals surface area (Å²) in [5.41, 5.74) is 0.217. The Kier molecular flexibility index (Phi) is 7.57. The zero-order chi connectivity index (χ0) is 18.8. The molecule has 2 aromatic carbocycles. The summed E-state index contributed by atoms with van der Waals surface area (Å²) in [4.78, 5) is 0. The predicted molar refractivity (Wildman–Crippen MR) is 91.7 cm³/mol. The number of rotatable bonds is 7. The van der Waals surface area contributed by atoms with Crippen LogP contribution in [0.15, 0.2) is 36.4 Å². The molecule has 0 atom stereocenters. The molecule has 0 heterocycles. The zero-order valence-corrected chi connectivity index (χ0v) is 14.2. The fourth-order valence-electron chi connectivity index (χ4n) is 1.99. The molecule has 0 aliphatic carbocycles. The highest BCUT2D eigenvalue weighted by Crippen LogP contribution is 2.15. The predicted octanol–water partition coefficient (Wildman–Crippen LogP) is 3.28. The van der Waals surface area contributed by atoms with Crippen LogP contribution in [0.4, 0.5) is 8.78 Å². The Balaban J connectivity index is 1.92. The van der Waals surface area contributed by atoms with Gasteiger partial charge in [-0.2, -0.15) is 5.26 Å². The van der Waals surface area contributed by atoms with Gasteiger partial charge in [-0.15, -0.1) is 0 Å². The van der Waals surface area contributed by atoms with Crippen LogP contribution in [0.3, 0.4) is 0 Å². The lowest BCUT2D eigenvalue weighted by Crippen LogP contribution is -2.09. The number of hydrogen-bond acceptors (Lipinski definition) is 4. The highest BCUT2D eigenvalue weighted by atomic mass is 19.1. The van der Waals surface area contributed by atoms with Gasteiger partial charge in [0.2, 0.25) is 0 Å². The van der Waals surface area contributed by atoms with Crippen molar-refractivity contribution in [2.24, 2.45) is 0 Å². The first-order valence-electron chi connectivity index (χ1n) is 7.84. The molecule has 6 heteroatoms. The lowest BCUT2D eigenvalue weighted by Gasteiger charge is -2.06. The highest BCUT2D eigenvalue weighted by molar-refractivity contribution is 5.47. The van der Waals surface area contributed by atoms with Crippen LogP contribution in [-0.2, 0) is 9.47 Å². The van der Waals surface area contributed by atoms with Gasteiger partial charge in [0.25, 0.3) is 0 Å². The molecule has 0 unspecified atom stereocenters. The van der Waals surface area contributed by atoms with Crippen molar-refractivity contribution in [1.29, 1.82) is 5.26 Å². The van der Waals surface area contributed by atoms with Crippen LogP contribution in [0.2, 0.25) is 0 Å². The average Bonchev–Trinajstić information content (AvgIpc) is 2.63. The number of halogens is 2. The summed E-state index contributed by atoms with van der Waals surface area (Å²) in [7, 11) is 1.61. The Hall–Kier alpha value is -2.93. The summed E-state index contributed by atoms with van der Waals surface area (Å²) in [6.07, 6.45) is 0. The summed E-state index contributed by atoms with van der Waals surface area (Å²) in [5.74, 6) is 4.31. The van der Waals surface area contributed by atoms with Crippen molar-refractivity contribution in [3.63, 3.8) is 0 Å². The Morgan fingerprint density at radius 2 is 1.50 bits per heavy atom. The van der Waals surface area contributed by atoms with Gasteiger partial charge in [-0.3, -0.25) is 0 Å². The van der Waals surface area contributed by atoms with Crippen molar-refractivity contribution in [3.05, 3.63) is 64.7 Å². The summed E-state index contributed by atoms with van der Waals surface area (Å²) in [6, 6.07) is 10.5. The molecule has 26 heavy (non-hydrogen) atoms. The first-order chi connectivity index (χ1) is 12.6. The van der Waals surface area contributed by atoms with Crippen molar-refractivity contribution in [3.8, 4) is 23.7 Å². The molecule has 0 amide bonds. The van der Waals surface area contributed by atoms with E-state index in [0.717, 1.165) is 12.1 Å². The van der Waals surface area contributed by atoms with Crippen molar-refractivity contribution in [1.82, 2.24) is 0 Å². The molecular weight excluding hydrogens is 340 g/mol. The van der Waals surface area contributed by atoms with E-state index in [1.54, 1.807) is 31.4 Å². The molecule has 2 aromatic rings. The SMILES string of the molecule is COCCOCCOc1ccc(C#Cc2cc(F)c(C#N)c(F)c2)cc1. The molecular formula is C20H17F2NO3. The molecule has 2 rings (SSSR count). The minimum Gasteiger partial charge on any atom is -0.491 e. The van der Waals surface area contributed by atoms with Gasteiger partial charge in [0, 0.05) is 18.2 Å². The van der Waals surface area contributed by atoms with Crippen LogP contribution in [-0.4, -0.2) is 33.5 Å². The number of nitriles is 1. The Bertz CT molecular complexity index is 810. The maximum atomic E-state index is 13.5. The second kappa shape index (κ2) is 10.1. The number of benzene rings is 2. The number of ether oxygens (including phenoxy) is 3. The molecule has 4 nitrogen and oxygen atoms in total. The smallest absolute Gasteiger partial charge is 0.145 e. The molecule has 0 saturated carbocycles. The molecule has 134 valence electrons. The quantitative estimate of drug-likeness (QED) is 0.564. The van der Waals surface area contributed by atoms with Crippen LogP contribution in [0, 0.1) is 34.8 Å². The molecule has 0 radical (unpaired) electrons. The number of nitrogens with zero attached hydrogens (tertiary/aromatic N) is 1. The van der Waals surface area contributed by atoms with Gasteiger partial charge in [-0.1, -0.05) is 11.8 Å². The third kappa shape index (κ3) is 5.86. The fraction of sp³-hybridized carbons (Fsp3) is 0.250. The zero-order valence-electron chi connectivity index (χ0n) is 14.2. The highest BCUT2D eigenvalue weighted by Gasteiger charge is 2.09. The van der Waals surface area contributed by atoms with Crippen molar-refractivity contribution in [2.75, 3.05) is 33.5 Å². The van der Waals surface area contributed by atoms with Crippen molar-refractivity contribution < 1.29 is 23.0 Å². The van der Waals surface area contributed by atoms with Gasteiger partial charge >= 0.3 is 0 Å². The van der Waals surface area contributed by atoms with Crippen LogP contribution in [0.5, 0.6) is 5.75 Å². The summed E-state index contributed by atoms with van der Waals surface area (Å²) >= 11 is 0. The second-order valence-corrected chi connectivity index (χ2v) is 5.15. The number of hydrogen-bond donors (Lipinski definition) is 0. The molecule has 0 saturated heterocycles. The molecule has 0 fully saturated rings. The standard InChI is InChI=1S/C20H17F2NO3/c1-24-8-9-25-10-11-26-17-6-4-15(5-7-17)2-3-16-12-19(21)18(14-23)20(22)13-16/h4-7,12-13H,8-11H2,1H3. The van der Waals surface area contributed by atoms with Gasteiger partial charge in [0.05, 0.1) is 19.8 Å². The Morgan fingerprint density at radius 3 is 2.12 bits per heavy atom. The largest absolute Gasteiger partial charge is 0.491 e. The van der Waals surface area contributed by atoms with Gasteiger partial charge in [-0.05, 0) is 36.4 Å². The van der Waals surface area contributed by atoms with Gasteiger partial charge in [0.1, 0.15) is 35.6 Å². The van der Waals surface area contributed by atoms with E-state index >= 15 is 0 Å². The molecule has 0 aliphatic heterocycles. The topological polar surface area (TPSA) is 51.5 Å². The van der Waals surface area contributed by atoms with Gasteiger partial charge < -0.3 is 14.2 Å². The molecule has 0 N–H and O–H groups in total. The summed E-state index contributed by atoms with van der Waals surface area (Å²) in [6.45, 7) is 1.94. The van der Waals surface area contributed by atoms with E-state index in [1.807, 2.05) is 0 Å². The fourth-order valence-corrected chi connectivity index (χ4v) is 1.99. The lowest BCUT2D eigenvalue weighted by molar-refractivity contribution is 0.0544. The lowest BCUT2D eigenvalue weighted by atomic mass is 10.1. The van der Waals surface area contributed by atoms with E-state index < -0.39 is 17.2 Å². The number of methoxy groups -OCH3 is 1. The van der Waals surface area contributed by atoms with Crippen LogP contribution < -0.4 is 4.74 Å². The van der Waals surface area contributed by atoms with Gasteiger partial charge in [-0.25, -0.2) is 8.78 Å². The van der Waals surface area contributed by atoms with Crippen LogP contribution in [0.25, 0.3) is 0 Å². The molecule has 0 spiro atoms. The Labute approximate surface area is 150 Å². The first-order valence-corrected chi connectivity index (χ1v) is 7.84. The normalized spacial score (nSPS) is 9.92. The van der Waals surface area contributed by atoms with E-state index in [0.29, 0.717) is 37.7 Å². The average molecular weight is 357 g/mol. The third-order valence-corrected chi connectivity index (χ3v) is 3.29. The van der Waals surface area contributed by atoms with E-state index in [-0.39, 0.29) is 5.56 Å². The molecule has 0 aromatic heterocycles. The van der Waals surface area contributed by atoms with E-state index in [1.165, 1.54) is 6.07 Å². The monoisotopic (exact) mass is 357 g/mol. The van der Waals surface area contributed by atoms with E-state index in [9.17, 15) is 8.78 Å². The molecule has 0 bridgehead atoms. The second-order valence-electron chi connectivity index (χ2n) is 5.15. The summed E-state index contributed by atoms with van der Waals surface area (Å²) < 4.78 is 42.8. The Morgan fingerprint density at radius 1 is 0.885 bits per heavy atom. The maximum Gasteiger partial charge on any atom is 0.145 e. The minimum atomic E-state index is -0.923. The van der Waals surface area contributed by atoms with Crippen LogP contribution >= 0.6 is 0 Å². The van der Waals surface area contributed by atoms with Crippen molar-refractivity contribution >= 4 is 0 Å². The van der Waals surface area contributed by atoms with Crippen molar-refractivity contribution in [2.45, 2.75) is 0 Å². The third-order valence-electron chi connectivity index (χ3n) is 3.29. The summed E-state index contributed by atoms with van der Waals surface area (Å²) in [5, 5.41) is 8.65. The first kappa shape index (κ1) is 19.4. The molecule has 0 aliphatic rings. The van der Waals surface area contributed by atoms with Crippen LogP contribution in [0.1, 0.15) is 16.7 Å². The van der Waals surface area contributed by atoms with E-state index in [4.69, 9.17) is 19.5 Å².